The van der Waals surface area contributed by atoms with Gasteiger partial charge in [0.15, 0.2) is 0 Å². The minimum Gasteiger partial charge on any atom is -0.334 e. The van der Waals surface area contributed by atoms with Crippen molar-refractivity contribution in [3.63, 3.8) is 0 Å². The highest BCUT2D eigenvalue weighted by molar-refractivity contribution is 7.98. The second-order valence-corrected chi connectivity index (χ2v) is 6.55. The smallest absolute Gasteiger partial charge is 0.240 e. The molecule has 0 aliphatic heterocycles. The van der Waals surface area contributed by atoms with Crippen LogP contribution in [0.2, 0.25) is 0 Å². The van der Waals surface area contributed by atoms with Gasteiger partial charge in [-0.15, -0.1) is 11.3 Å². The standard InChI is InChI=1S/C13H22N2OS2/c1-10(2)15(9-11-5-4-7-18-11)13(16)12(14)6-8-17-3/h4-5,7,10,12H,6,8-9,14H2,1-3H3/t12-/m1/s1. The normalized spacial score (nSPS) is 12.7. The van der Waals surface area contributed by atoms with Gasteiger partial charge < -0.3 is 10.6 Å². The number of nitrogens with two attached hydrogens (primary N) is 1. The first-order valence-corrected chi connectivity index (χ1v) is 8.41. The number of nitrogens with zero attached hydrogens (tertiary/aromatic N) is 1. The molecule has 18 heavy (non-hydrogen) atoms. The number of carbonyl (C=O) groups excluding carboxylic acids is 1. The Morgan fingerprint density at radius 1 is 1.56 bits per heavy atom. The monoisotopic (exact) mass is 286 g/mol. The third-order valence-electron chi connectivity index (χ3n) is 2.76. The summed E-state index contributed by atoms with van der Waals surface area (Å²) in [7, 11) is 0. The molecule has 1 rings (SSSR count). The molecule has 0 unspecified atom stereocenters. The Hall–Kier alpha value is -0.520. The van der Waals surface area contributed by atoms with Crippen LogP contribution in [-0.2, 0) is 11.3 Å². The van der Waals surface area contributed by atoms with Crippen molar-refractivity contribution in [2.75, 3.05) is 12.0 Å². The summed E-state index contributed by atoms with van der Waals surface area (Å²) in [6.45, 7) is 4.74. The zero-order chi connectivity index (χ0) is 13.5. The van der Waals surface area contributed by atoms with Crippen LogP contribution in [0.5, 0.6) is 0 Å². The Labute approximate surface area is 118 Å². The molecule has 1 aromatic rings. The van der Waals surface area contributed by atoms with Crippen LogP contribution in [-0.4, -0.2) is 34.9 Å². The average molecular weight is 286 g/mol. The predicted molar refractivity (Wildman–Crippen MR) is 81.0 cm³/mol. The average Bonchev–Trinajstić information content (AvgIpc) is 2.84. The Balaban J connectivity index is 2.63. The molecule has 0 radical (unpaired) electrons. The number of carbonyl (C=O) groups is 1. The summed E-state index contributed by atoms with van der Waals surface area (Å²) >= 11 is 3.40. The third-order valence-corrected chi connectivity index (χ3v) is 4.27. The van der Waals surface area contributed by atoms with Gasteiger partial charge in [0, 0.05) is 10.9 Å². The zero-order valence-corrected chi connectivity index (χ0v) is 12.9. The van der Waals surface area contributed by atoms with E-state index in [9.17, 15) is 4.79 Å². The lowest BCUT2D eigenvalue weighted by molar-refractivity contribution is -0.135. The van der Waals surface area contributed by atoms with E-state index in [-0.39, 0.29) is 18.0 Å². The van der Waals surface area contributed by atoms with Crippen LogP contribution in [0.3, 0.4) is 0 Å². The fourth-order valence-electron chi connectivity index (χ4n) is 1.67. The zero-order valence-electron chi connectivity index (χ0n) is 11.3. The third kappa shape index (κ3) is 4.63. The van der Waals surface area contributed by atoms with Crippen molar-refractivity contribution >= 4 is 29.0 Å². The molecule has 0 saturated heterocycles. The Morgan fingerprint density at radius 3 is 2.78 bits per heavy atom. The number of thiophene rings is 1. The molecular weight excluding hydrogens is 264 g/mol. The van der Waals surface area contributed by atoms with E-state index in [0.717, 1.165) is 12.2 Å². The fraction of sp³-hybridized carbons (Fsp3) is 0.615. The van der Waals surface area contributed by atoms with Crippen molar-refractivity contribution in [3.8, 4) is 0 Å². The van der Waals surface area contributed by atoms with Gasteiger partial charge in [0.25, 0.3) is 0 Å². The number of rotatable bonds is 7. The van der Waals surface area contributed by atoms with Gasteiger partial charge in [0.05, 0.1) is 12.6 Å². The van der Waals surface area contributed by atoms with Gasteiger partial charge in [0.1, 0.15) is 0 Å². The lowest BCUT2D eigenvalue weighted by Crippen LogP contribution is -2.46. The minimum absolute atomic E-state index is 0.0625. The summed E-state index contributed by atoms with van der Waals surface area (Å²) in [5, 5.41) is 2.03. The molecule has 2 N–H and O–H groups in total. The van der Waals surface area contributed by atoms with E-state index in [2.05, 4.69) is 6.07 Å². The lowest BCUT2D eigenvalue weighted by Gasteiger charge is -2.29. The number of amides is 1. The van der Waals surface area contributed by atoms with Crippen LogP contribution in [0.15, 0.2) is 17.5 Å². The minimum atomic E-state index is -0.375. The molecule has 0 bridgehead atoms. The van der Waals surface area contributed by atoms with Crippen molar-refractivity contribution in [1.82, 2.24) is 4.90 Å². The van der Waals surface area contributed by atoms with Crippen molar-refractivity contribution < 1.29 is 4.79 Å². The maximum Gasteiger partial charge on any atom is 0.240 e. The molecule has 102 valence electrons. The molecule has 1 atom stereocenters. The largest absolute Gasteiger partial charge is 0.334 e. The van der Waals surface area contributed by atoms with Crippen molar-refractivity contribution in [1.29, 1.82) is 0 Å². The number of thioether (sulfide) groups is 1. The van der Waals surface area contributed by atoms with E-state index in [1.807, 2.05) is 36.4 Å². The van der Waals surface area contributed by atoms with Crippen molar-refractivity contribution in [3.05, 3.63) is 22.4 Å². The Kier molecular flexibility index (Phi) is 6.75. The molecule has 0 saturated carbocycles. The Morgan fingerprint density at radius 2 is 2.28 bits per heavy atom. The van der Waals surface area contributed by atoms with Gasteiger partial charge in [-0.2, -0.15) is 11.8 Å². The van der Waals surface area contributed by atoms with Gasteiger partial charge in [-0.05, 0) is 43.7 Å². The number of hydrogen-bond acceptors (Lipinski definition) is 4. The molecule has 1 amide bonds. The second-order valence-electron chi connectivity index (χ2n) is 4.53. The number of hydrogen-bond donors (Lipinski definition) is 1. The van der Waals surface area contributed by atoms with Gasteiger partial charge in [0.2, 0.25) is 5.91 Å². The van der Waals surface area contributed by atoms with Crippen LogP contribution < -0.4 is 5.73 Å². The van der Waals surface area contributed by atoms with E-state index in [1.54, 1.807) is 23.1 Å². The first kappa shape index (κ1) is 15.5. The highest BCUT2D eigenvalue weighted by Crippen LogP contribution is 2.15. The van der Waals surface area contributed by atoms with Crippen LogP contribution in [0.1, 0.15) is 25.1 Å². The molecule has 0 fully saturated rings. The second kappa shape index (κ2) is 7.81. The molecule has 0 aliphatic carbocycles. The van der Waals surface area contributed by atoms with Gasteiger partial charge in [-0.25, -0.2) is 0 Å². The van der Waals surface area contributed by atoms with Crippen LogP contribution in [0, 0.1) is 0 Å². The summed E-state index contributed by atoms with van der Waals surface area (Å²) in [5.41, 5.74) is 5.97. The SMILES string of the molecule is CSCC[C@@H](N)C(=O)N(Cc1cccs1)C(C)C. The van der Waals surface area contributed by atoms with E-state index >= 15 is 0 Å². The quantitative estimate of drug-likeness (QED) is 0.838. The molecular formula is C13H22N2OS2. The predicted octanol–water partition coefficient (Wildman–Crippen LogP) is 2.57. The maximum absolute atomic E-state index is 12.3. The summed E-state index contributed by atoms with van der Waals surface area (Å²) < 4.78 is 0. The highest BCUT2D eigenvalue weighted by Gasteiger charge is 2.23. The summed E-state index contributed by atoms with van der Waals surface area (Å²) in [5.74, 6) is 0.991. The molecule has 1 heterocycles. The van der Waals surface area contributed by atoms with Gasteiger partial charge in [-0.3, -0.25) is 4.79 Å². The van der Waals surface area contributed by atoms with Gasteiger partial charge >= 0.3 is 0 Å². The summed E-state index contributed by atoms with van der Waals surface area (Å²) in [6.07, 6.45) is 2.77. The summed E-state index contributed by atoms with van der Waals surface area (Å²) in [4.78, 5) is 15.4. The molecule has 5 heteroatoms. The first-order valence-electron chi connectivity index (χ1n) is 6.13. The fourth-order valence-corrected chi connectivity index (χ4v) is 2.86. The van der Waals surface area contributed by atoms with Crippen molar-refractivity contribution in [2.24, 2.45) is 5.73 Å². The molecule has 0 spiro atoms. The maximum atomic E-state index is 12.3. The van der Waals surface area contributed by atoms with E-state index in [1.165, 1.54) is 4.88 Å². The van der Waals surface area contributed by atoms with Crippen LogP contribution in [0.25, 0.3) is 0 Å². The van der Waals surface area contributed by atoms with E-state index < -0.39 is 0 Å². The van der Waals surface area contributed by atoms with Crippen LogP contribution >= 0.6 is 23.1 Å². The molecule has 3 nitrogen and oxygen atoms in total. The van der Waals surface area contributed by atoms with Crippen molar-refractivity contribution in [2.45, 2.75) is 38.9 Å². The molecule has 0 aliphatic rings. The molecule has 1 aromatic heterocycles. The van der Waals surface area contributed by atoms with E-state index in [0.29, 0.717) is 6.54 Å². The van der Waals surface area contributed by atoms with E-state index in [4.69, 9.17) is 5.73 Å². The molecule has 0 aromatic carbocycles. The topological polar surface area (TPSA) is 46.3 Å². The lowest BCUT2D eigenvalue weighted by atomic mass is 10.2. The van der Waals surface area contributed by atoms with Crippen LogP contribution in [0.4, 0.5) is 0 Å². The first-order chi connectivity index (χ1) is 8.56. The highest BCUT2D eigenvalue weighted by atomic mass is 32.2. The Bertz CT molecular complexity index is 352. The summed E-state index contributed by atoms with van der Waals surface area (Å²) in [6, 6.07) is 3.87. The van der Waals surface area contributed by atoms with Gasteiger partial charge in [-0.1, -0.05) is 6.07 Å².